The van der Waals surface area contributed by atoms with E-state index in [1.54, 1.807) is 11.4 Å². The lowest BCUT2D eigenvalue weighted by atomic mass is 10.5. The third kappa shape index (κ3) is 1.78. The van der Waals surface area contributed by atoms with Crippen LogP contribution >= 0.6 is 23.4 Å². The van der Waals surface area contributed by atoms with Crippen molar-refractivity contribution in [2.75, 3.05) is 0 Å². The van der Waals surface area contributed by atoms with Gasteiger partial charge in [0.25, 0.3) is 0 Å². The van der Waals surface area contributed by atoms with Gasteiger partial charge in [0.2, 0.25) is 0 Å². The van der Waals surface area contributed by atoms with Crippen molar-refractivity contribution < 1.29 is 4.55 Å². The van der Waals surface area contributed by atoms with Crippen LogP contribution < -0.4 is 0 Å². The van der Waals surface area contributed by atoms with Crippen molar-refractivity contribution in [1.82, 2.24) is 4.37 Å². The highest BCUT2D eigenvalue weighted by Gasteiger charge is 1.91. The van der Waals surface area contributed by atoms with E-state index in [9.17, 15) is 4.55 Å². The highest BCUT2D eigenvalue weighted by Crippen LogP contribution is 2.06. The predicted octanol–water partition coefficient (Wildman–Crippen LogP) is 1.54. The van der Waals surface area contributed by atoms with E-state index in [-0.39, 0.29) is 12.4 Å². The summed E-state index contributed by atoms with van der Waals surface area (Å²) >= 11 is 0. The minimum atomic E-state index is -1.05. The molecule has 0 spiro atoms. The summed E-state index contributed by atoms with van der Waals surface area (Å²) in [6.07, 6.45) is 0. The Kier molecular flexibility index (Phi) is 2.97. The van der Waals surface area contributed by atoms with Crippen LogP contribution in [0.2, 0.25) is 0 Å². The molecule has 0 saturated carbocycles. The number of aromatic nitrogens is 1. The van der Waals surface area contributed by atoms with Crippen LogP contribution in [0.5, 0.6) is 0 Å². The van der Waals surface area contributed by atoms with Gasteiger partial charge >= 0.3 is 0 Å². The van der Waals surface area contributed by atoms with Crippen LogP contribution in [0.3, 0.4) is 0 Å². The van der Waals surface area contributed by atoms with E-state index in [0.717, 1.165) is 5.69 Å². The SMILES string of the molecule is Cc1cc[s+]([O-])n1.Cl. The summed E-state index contributed by atoms with van der Waals surface area (Å²) in [5.41, 5.74) is 0.846. The smallest absolute Gasteiger partial charge is 0.163 e. The maximum absolute atomic E-state index is 10.3. The fourth-order valence-corrected chi connectivity index (χ4v) is 1.08. The van der Waals surface area contributed by atoms with Gasteiger partial charge in [-0.3, -0.25) is 0 Å². The fraction of sp³-hybridized carbons (Fsp3) is 0.250. The van der Waals surface area contributed by atoms with Gasteiger partial charge in [0.05, 0.1) is 16.6 Å². The number of aryl methyl sites for hydroxylation is 1. The Labute approximate surface area is 56.9 Å². The molecule has 4 heteroatoms. The Morgan fingerprint density at radius 2 is 2.38 bits per heavy atom. The Bertz CT molecular complexity index is 148. The summed E-state index contributed by atoms with van der Waals surface area (Å²) in [5.74, 6) is 0. The molecule has 0 fully saturated rings. The Morgan fingerprint density at radius 3 is 2.50 bits per heavy atom. The molecule has 1 heterocycles. The zero-order chi connectivity index (χ0) is 5.28. The number of halogens is 1. The van der Waals surface area contributed by atoms with E-state index in [2.05, 4.69) is 4.37 Å². The largest absolute Gasteiger partial charge is 0.569 e. The van der Waals surface area contributed by atoms with Crippen molar-refractivity contribution in [3.8, 4) is 0 Å². The minimum absolute atomic E-state index is 0. The molecule has 0 bridgehead atoms. The van der Waals surface area contributed by atoms with Gasteiger partial charge in [-0.2, -0.15) is 0 Å². The van der Waals surface area contributed by atoms with Gasteiger partial charge in [-0.25, -0.2) is 0 Å². The van der Waals surface area contributed by atoms with Crippen LogP contribution in [-0.2, 0) is 0 Å². The Balaban J connectivity index is 0.000000490. The second kappa shape index (κ2) is 3.02. The monoisotopic (exact) mass is 151 g/mol. The first-order chi connectivity index (χ1) is 3.29. The number of hydrogen-bond acceptors (Lipinski definition) is 2. The highest BCUT2D eigenvalue weighted by molar-refractivity contribution is 7.17. The van der Waals surface area contributed by atoms with Crippen molar-refractivity contribution in [3.05, 3.63) is 17.1 Å². The maximum atomic E-state index is 10.3. The first-order valence-electron chi connectivity index (χ1n) is 1.93. The second-order valence-electron chi connectivity index (χ2n) is 1.31. The standard InChI is InChI=1S/C4H5NOS.ClH/c1-4-2-3-7(6)5-4;/h2-3H,1H3;1H. The minimum Gasteiger partial charge on any atom is -0.569 e. The topological polar surface area (TPSA) is 36.0 Å². The van der Waals surface area contributed by atoms with Crippen LogP contribution in [0.1, 0.15) is 5.69 Å². The summed E-state index contributed by atoms with van der Waals surface area (Å²) in [7, 11) is -1.05. The quantitative estimate of drug-likeness (QED) is 0.528. The predicted molar refractivity (Wildman–Crippen MR) is 34.9 cm³/mol. The van der Waals surface area contributed by atoms with Crippen LogP contribution in [0.4, 0.5) is 0 Å². The van der Waals surface area contributed by atoms with Gasteiger partial charge in [-0.1, -0.05) is 0 Å². The molecule has 0 aromatic carbocycles. The molecule has 1 atom stereocenters. The van der Waals surface area contributed by atoms with Crippen LogP contribution in [0.25, 0.3) is 0 Å². The summed E-state index contributed by atoms with van der Waals surface area (Å²) in [5, 5.41) is 1.56. The van der Waals surface area contributed by atoms with E-state index >= 15 is 0 Å². The zero-order valence-electron chi connectivity index (χ0n) is 4.33. The molecule has 0 aliphatic heterocycles. The molecule has 8 heavy (non-hydrogen) atoms. The van der Waals surface area contributed by atoms with Gasteiger partial charge in [-0.05, 0) is 11.3 Å². The average molecular weight is 152 g/mol. The molecular formula is C4H6ClNOS. The van der Waals surface area contributed by atoms with Gasteiger partial charge in [0.1, 0.15) is 0 Å². The van der Waals surface area contributed by atoms with Gasteiger partial charge in [0, 0.05) is 6.07 Å². The first-order valence-corrected chi connectivity index (χ1v) is 3.10. The van der Waals surface area contributed by atoms with Gasteiger partial charge in [0.15, 0.2) is 5.38 Å². The summed E-state index contributed by atoms with van der Waals surface area (Å²) in [4.78, 5) is 0. The molecule has 1 aromatic heterocycles. The Hall–Kier alpha value is -0.120. The molecule has 0 radical (unpaired) electrons. The van der Waals surface area contributed by atoms with Crippen LogP contribution in [0, 0.1) is 6.92 Å². The van der Waals surface area contributed by atoms with E-state index in [4.69, 9.17) is 0 Å². The third-order valence-electron chi connectivity index (χ3n) is 0.660. The lowest BCUT2D eigenvalue weighted by molar-refractivity contribution is 0.591. The first kappa shape index (κ1) is 7.88. The van der Waals surface area contributed by atoms with E-state index < -0.39 is 10.9 Å². The fourth-order valence-electron chi connectivity index (χ4n) is 0.359. The summed E-state index contributed by atoms with van der Waals surface area (Å²) in [6.45, 7) is 1.82. The molecule has 0 N–H and O–H groups in total. The lowest BCUT2D eigenvalue weighted by Gasteiger charge is -1.73. The van der Waals surface area contributed by atoms with Crippen molar-refractivity contribution in [2.45, 2.75) is 6.92 Å². The number of nitrogens with zero attached hydrogens (tertiary/aromatic N) is 1. The zero-order valence-corrected chi connectivity index (χ0v) is 5.96. The number of rotatable bonds is 0. The summed E-state index contributed by atoms with van der Waals surface area (Å²) < 4.78 is 14.0. The molecule has 2 nitrogen and oxygen atoms in total. The molecule has 1 unspecified atom stereocenters. The van der Waals surface area contributed by atoms with Crippen molar-refractivity contribution in [2.24, 2.45) is 0 Å². The molecular weight excluding hydrogens is 146 g/mol. The molecule has 0 aliphatic carbocycles. The molecule has 0 aliphatic rings. The number of hydrogen-bond donors (Lipinski definition) is 0. The van der Waals surface area contributed by atoms with Crippen LogP contribution in [-0.4, -0.2) is 8.93 Å². The van der Waals surface area contributed by atoms with Crippen molar-refractivity contribution in [3.63, 3.8) is 0 Å². The Morgan fingerprint density at radius 1 is 1.75 bits per heavy atom. The average Bonchev–Trinajstić information content (AvgIpc) is 1.87. The summed E-state index contributed by atoms with van der Waals surface area (Å²) in [6, 6.07) is 1.75. The molecule has 0 saturated heterocycles. The van der Waals surface area contributed by atoms with Crippen molar-refractivity contribution in [1.29, 1.82) is 0 Å². The normalized spacial score (nSPS) is 10.5. The second-order valence-corrected chi connectivity index (χ2v) is 2.32. The highest BCUT2D eigenvalue weighted by atomic mass is 35.5. The van der Waals surface area contributed by atoms with Gasteiger partial charge in [-0.15, -0.1) is 12.4 Å². The van der Waals surface area contributed by atoms with E-state index in [0.29, 0.717) is 0 Å². The van der Waals surface area contributed by atoms with Gasteiger partial charge < -0.3 is 4.55 Å². The lowest BCUT2D eigenvalue weighted by Crippen LogP contribution is -1.62. The van der Waals surface area contributed by atoms with E-state index in [1.165, 1.54) is 0 Å². The van der Waals surface area contributed by atoms with Crippen LogP contribution in [0.15, 0.2) is 11.4 Å². The molecule has 0 amide bonds. The van der Waals surface area contributed by atoms with E-state index in [1.807, 2.05) is 6.92 Å². The molecule has 1 aromatic rings. The molecule has 46 valence electrons. The van der Waals surface area contributed by atoms with Crippen molar-refractivity contribution >= 4 is 23.4 Å². The molecule has 1 rings (SSSR count). The third-order valence-corrected chi connectivity index (χ3v) is 1.50. The maximum Gasteiger partial charge on any atom is 0.163 e.